The molecule has 1 aromatic carbocycles. The smallest absolute Gasteiger partial charge is 0.349 e. The first kappa shape index (κ1) is 11.7. The standard InChI is InChI=1S/C11H8Br2O3/c1-6-3-2-4-7(5-6)15-11-9(13)8(12)10(14)16-11/h2-5,11H,1H3. The van der Waals surface area contributed by atoms with Crippen molar-refractivity contribution in [1.29, 1.82) is 0 Å². The van der Waals surface area contributed by atoms with Crippen LogP contribution in [0.25, 0.3) is 0 Å². The van der Waals surface area contributed by atoms with Crippen LogP contribution in [0, 0.1) is 6.92 Å². The van der Waals surface area contributed by atoms with Gasteiger partial charge in [-0.25, -0.2) is 4.79 Å². The molecule has 0 amide bonds. The van der Waals surface area contributed by atoms with E-state index in [2.05, 4.69) is 31.9 Å². The second-order valence-corrected chi connectivity index (χ2v) is 4.98. The molecule has 16 heavy (non-hydrogen) atoms. The van der Waals surface area contributed by atoms with Crippen LogP contribution < -0.4 is 4.74 Å². The van der Waals surface area contributed by atoms with Crippen LogP contribution >= 0.6 is 31.9 Å². The minimum absolute atomic E-state index is 0.366. The molecule has 1 aliphatic heterocycles. The molecule has 84 valence electrons. The Hall–Kier alpha value is -0.810. The van der Waals surface area contributed by atoms with Gasteiger partial charge in [-0.1, -0.05) is 12.1 Å². The number of carbonyl (C=O) groups is 1. The van der Waals surface area contributed by atoms with E-state index in [-0.39, 0.29) is 0 Å². The van der Waals surface area contributed by atoms with Crippen molar-refractivity contribution in [1.82, 2.24) is 0 Å². The van der Waals surface area contributed by atoms with E-state index in [0.717, 1.165) is 5.56 Å². The van der Waals surface area contributed by atoms with E-state index in [4.69, 9.17) is 9.47 Å². The Kier molecular flexibility index (Phi) is 3.35. The number of hydrogen-bond acceptors (Lipinski definition) is 3. The Morgan fingerprint density at radius 1 is 1.38 bits per heavy atom. The fourth-order valence-electron chi connectivity index (χ4n) is 1.29. The van der Waals surface area contributed by atoms with Gasteiger partial charge in [0.05, 0.1) is 4.48 Å². The summed E-state index contributed by atoms with van der Waals surface area (Å²) in [5.41, 5.74) is 1.08. The lowest BCUT2D eigenvalue weighted by atomic mass is 10.2. The molecular weight excluding hydrogens is 340 g/mol. The first-order valence-electron chi connectivity index (χ1n) is 4.57. The largest absolute Gasteiger partial charge is 0.450 e. The number of esters is 1. The Labute approximate surface area is 110 Å². The molecule has 3 nitrogen and oxygen atoms in total. The zero-order chi connectivity index (χ0) is 11.7. The predicted molar refractivity (Wildman–Crippen MR) is 66.6 cm³/mol. The lowest BCUT2D eigenvalue weighted by Crippen LogP contribution is -2.17. The van der Waals surface area contributed by atoms with E-state index in [9.17, 15) is 4.79 Å². The first-order chi connectivity index (χ1) is 7.58. The molecule has 0 fully saturated rings. The molecule has 1 aromatic rings. The van der Waals surface area contributed by atoms with Crippen LogP contribution in [0.5, 0.6) is 5.75 Å². The lowest BCUT2D eigenvalue weighted by Gasteiger charge is -2.13. The second-order valence-electron chi connectivity index (χ2n) is 3.33. The van der Waals surface area contributed by atoms with Crippen molar-refractivity contribution in [2.75, 3.05) is 0 Å². The van der Waals surface area contributed by atoms with E-state index in [0.29, 0.717) is 14.7 Å². The third-order valence-electron chi connectivity index (χ3n) is 2.04. The van der Waals surface area contributed by atoms with Gasteiger partial charge in [-0.3, -0.25) is 0 Å². The van der Waals surface area contributed by atoms with E-state index >= 15 is 0 Å². The number of benzene rings is 1. The SMILES string of the molecule is Cc1cccc(OC2OC(=O)C(Br)=C2Br)c1. The van der Waals surface area contributed by atoms with E-state index in [1.807, 2.05) is 31.2 Å². The van der Waals surface area contributed by atoms with Crippen molar-refractivity contribution in [3.8, 4) is 5.75 Å². The monoisotopic (exact) mass is 346 g/mol. The molecule has 1 aliphatic rings. The zero-order valence-corrected chi connectivity index (χ0v) is 11.5. The summed E-state index contributed by atoms with van der Waals surface area (Å²) in [5, 5.41) is 0. The third-order valence-corrected chi connectivity index (χ3v) is 4.10. The van der Waals surface area contributed by atoms with Crippen molar-refractivity contribution < 1.29 is 14.3 Å². The number of hydrogen-bond donors (Lipinski definition) is 0. The van der Waals surface area contributed by atoms with Crippen LogP contribution in [0.4, 0.5) is 0 Å². The molecule has 0 spiro atoms. The molecule has 0 radical (unpaired) electrons. The highest BCUT2D eigenvalue weighted by Crippen LogP contribution is 2.32. The maximum absolute atomic E-state index is 11.2. The molecule has 2 rings (SSSR count). The summed E-state index contributed by atoms with van der Waals surface area (Å²) >= 11 is 6.36. The summed E-state index contributed by atoms with van der Waals surface area (Å²) in [5.74, 6) is 0.237. The van der Waals surface area contributed by atoms with Gasteiger partial charge < -0.3 is 9.47 Å². The maximum Gasteiger partial charge on any atom is 0.349 e. The van der Waals surface area contributed by atoms with Crippen molar-refractivity contribution in [3.05, 3.63) is 38.8 Å². The van der Waals surface area contributed by atoms with E-state index < -0.39 is 12.3 Å². The molecule has 1 atom stereocenters. The van der Waals surface area contributed by atoms with Crippen LogP contribution in [-0.4, -0.2) is 12.3 Å². The average molecular weight is 348 g/mol. The molecule has 0 aromatic heterocycles. The summed E-state index contributed by atoms with van der Waals surface area (Å²) in [6.45, 7) is 1.97. The maximum atomic E-state index is 11.2. The summed E-state index contributed by atoms with van der Waals surface area (Å²) in [7, 11) is 0. The number of rotatable bonds is 2. The molecule has 0 saturated carbocycles. The molecule has 0 bridgehead atoms. The van der Waals surface area contributed by atoms with Crippen LogP contribution in [-0.2, 0) is 9.53 Å². The topological polar surface area (TPSA) is 35.5 Å². The first-order valence-corrected chi connectivity index (χ1v) is 6.16. The Morgan fingerprint density at radius 3 is 2.69 bits per heavy atom. The molecule has 0 saturated heterocycles. The molecule has 1 heterocycles. The van der Waals surface area contributed by atoms with Gasteiger partial charge in [-0.05, 0) is 56.5 Å². The Morgan fingerprint density at radius 2 is 2.12 bits per heavy atom. The van der Waals surface area contributed by atoms with Crippen molar-refractivity contribution in [2.24, 2.45) is 0 Å². The highest BCUT2D eigenvalue weighted by molar-refractivity contribution is 9.14. The third kappa shape index (κ3) is 2.30. The molecule has 0 aliphatic carbocycles. The van der Waals surface area contributed by atoms with Crippen LogP contribution in [0.15, 0.2) is 33.2 Å². The van der Waals surface area contributed by atoms with Crippen molar-refractivity contribution >= 4 is 37.8 Å². The van der Waals surface area contributed by atoms with Crippen LogP contribution in [0.3, 0.4) is 0 Å². The zero-order valence-electron chi connectivity index (χ0n) is 8.37. The quantitative estimate of drug-likeness (QED) is 0.770. The fourth-order valence-corrected chi connectivity index (χ4v) is 1.92. The number of ether oxygens (including phenoxy) is 2. The van der Waals surface area contributed by atoms with Gasteiger partial charge in [-0.15, -0.1) is 0 Å². The Bertz CT molecular complexity index is 468. The van der Waals surface area contributed by atoms with Gasteiger partial charge in [0.15, 0.2) is 0 Å². The van der Waals surface area contributed by atoms with Gasteiger partial charge >= 0.3 is 5.97 Å². The van der Waals surface area contributed by atoms with Crippen molar-refractivity contribution in [3.63, 3.8) is 0 Å². The lowest BCUT2D eigenvalue weighted by molar-refractivity contribution is -0.148. The minimum atomic E-state index is -0.705. The van der Waals surface area contributed by atoms with E-state index in [1.165, 1.54) is 0 Å². The van der Waals surface area contributed by atoms with Gasteiger partial charge in [-0.2, -0.15) is 0 Å². The highest BCUT2D eigenvalue weighted by atomic mass is 79.9. The molecule has 1 unspecified atom stereocenters. The van der Waals surface area contributed by atoms with Crippen molar-refractivity contribution in [2.45, 2.75) is 13.2 Å². The summed E-state index contributed by atoms with van der Waals surface area (Å²) < 4.78 is 11.5. The number of aryl methyl sites for hydroxylation is 1. The average Bonchev–Trinajstić information content (AvgIpc) is 2.47. The molecular formula is C11H8Br2O3. The summed E-state index contributed by atoms with van der Waals surface area (Å²) in [4.78, 5) is 11.2. The molecule has 0 N–H and O–H groups in total. The van der Waals surface area contributed by atoms with Gasteiger partial charge in [0.2, 0.25) is 0 Å². The normalized spacial score (nSPS) is 19.9. The fraction of sp³-hybridized carbons (Fsp3) is 0.182. The number of carbonyl (C=O) groups excluding carboxylic acids is 1. The van der Waals surface area contributed by atoms with Crippen LogP contribution in [0.1, 0.15) is 5.56 Å². The van der Waals surface area contributed by atoms with Gasteiger partial charge in [0.1, 0.15) is 10.2 Å². The van der Waals surface area contributed by atoms with Crippen LogP contribution in [0.2, 0.25) is 0 Å². The minimum Gasteiger partial charge on any atom is -0.450 e. The summed E-state index contributed by atoms with van der Waals surface area (Å²) in [6, 6.07) is 7.54. The van der Waals surface area contributed by atoms with E-state index in [1.54, 1.807) is 0 Å². The van der Waals surface area contributed by atoms with Gasteiger partial charge in [0.25, 0.3) is 6.29 Å². The molecule has 5 heteroatoms. The Balaban J connectivity index is 2.16. The number of halogens is 2. The van der Waals surface area contributed by atoms with Gasteiger partial charge in [0, 0.05) is 0 Å². The predicted octanol–water partition coefficient (Wildman–Crippen LogP) is 3.26. The highest BCUT2D eigenvalue weighted by Gasteiger charge is 2.32. The number of cyclic esters (lactones) is 1. The summed E-state index contributed by atoms with van der Waals surface area (Å²) in [6.07, 6.45) is -0.705. The second kappa shape index (κ2) is 4.59.